The van der Waals surface area contributed by atoms with E-state index in [1.54, 1.807) is 0 Å². The third kappa shape index (κ3) is 3.67. The van der Waals surface area contributed by atoms with Crippen LogP contribution in [0, 0.1) is 38.5 Å². The van der Waals surface area contributed by atoms with Gasteiger partial charge in [-0.25, -0.2) is 0 Å². The fraction of sp³-hybridized carbons (Fsp3) is 0.565. The van der Waals surface area contributed by atoms with Crippen molar-refractivity contribution in [1.82, 2.24) is 10.5 Å². The number of ether oxygens (including phenoxy) is 1. The molecular weight excluding hydrogens is 352 g/mol. The molecule has 1 heterocycles. The number of fused-ring (bicyclic) bond motifs is 2. The number of hydrogen-bond acceptors (Lipinski definition) is 4. The van der Waals surface area contributed by atoms with Gasteiger partial charge in [-0.1, -0.05) is 29.3 Å². The highest BCUT2D eigenvalue weighted by Gasteiger charge is 2.42. The second-order valence-corrected chi connectivity index (χ2v) is 8.72. The summed E-state index contributed by atoms with van der Waals surface area (Å²) in [6, 6.07) is 6.23. The number of amides is 1. The SMILES string of the molecule is Cc1ccc(OCc2c(C(=O)NC(C)C3CC4CCC3C4)noc2C)c(C)c1. The zero-order chi connectivity index (χ0) is 19.8. The van der Waals surface area contributed by atoms with Gasteiger partial charge in [0.25, 0.3) is 5.91 Å². The highest BCUT2D eigenvalue weighted by atomic mass is 16.5. The minimum absolute atomic E-state index is 0.160. The van der Waals surface area contributed by atoms with E-state index in [0.29, 0.717) is 17.4 Å². The van der Waals surface area contributed by atoms with Crippen LogP contribution in [0.15, 0.2) is 22.7 Å². The lowest BCUT2D eigenvalue weighted by atomic mass is 9.84. The second kappa shape index (κ2) is 7.61. The predicted molar refractivity (Wildman–Crippen MR) is 107 cm³/mol. The quantitative estimate of drug-likeness (QED) is 0.784. The fourth-order valence-corrected chi connectivity index (χ4v) is 5.14. The van der Waals surface area contributed by atoms with Gasteiger partial charge >= 0.3 is 0 Å². The van der Waals surface area contributed by atoms with E-state index in [0.717, 1.165) is 28.7 Å². The molecule has 2 aliphatic carbocycles. The van der Waals surface area contributed by atoms with Crippen LogP contribution in [0.25, 0.3) is 0 Å². The number of hydrogen-bond donors (Lipinski definition) is 1. The van der Waals surface area contributed by atoms with E-state index >= 15 is 0 Å². The summed E-state index contributed by atoms with van der Waals surface area (Å²) in [4.78, 5) is 12.9. The van der Waals surface area contributed by atoms with Crippen molar-refractivity contribution in [3.8, 4) is 5.75 Å². The summed E-state index contributed by atoms with van der Waals surface area (Å²) in [7, 11) is 0. The van der Waals surface area contributed by atoms with Gasteiger partial charge in [0.2, 0.25) is 0 Å². The van der Waals surface area contributed by atoms with Crippen molar-refractivity contribution in [1.29, 1.82) is 0 Å². The van der Waals surface area contributed by atoms with Gasteiger partial charge in [-0.15, -0.1) is 0 Å². The molecule has 150 valence electrons. The van der Waals surface area contributed by atoms with E-state index in [4.69, 9.17) is 9.26 Å². The number of rotatable bonds is 6. The van der Waals surface area contributed by atoms with Crippen molar-refractivity contribution < 1.29 is 14.1 Å². The van der Waals surface area contributed by atoms with Gasteiger partial charge in [-0.2, -0.15) is 0 Å². The Morgan fingerprint density at radius 1 is 1.29 bits per heavy atom. The van der Waals surface area contributed by atoms with Gasteiger partial charge in [0, 0.05) is 6.04 Å². The van der Waals surface area contributed by atoms with Crippen molar-refractivity contribution in [2.45, 2.75) is 66.0 Å². The maximum absolute atomic E-state index is 12.9. The van der Waals surface area contributed by atoms with E-state index in [1.807, 2.05) is 26.0 Å². The Morgan fingerprint density at radius 2 is 2.11 bits per heavy atom. The van der Waals surface area contributed by atoms with Crippen LogP contribution in [0.1, 0.15) is 65.5 Å². The lowest BCUT2D eigenvalue weighted by Gasteiger charge is -2.28. The molecule has 2 saturated carbocycles. The first-order valence-corrected chi connectivity index (χ1v) is 10.4. The van der Waals surface area contributed by atoms with Crippen molar-refractivity contribution in [2.24, 2.45) is 17.8 Å². The van der Waals surface area contributed by atoms with Crippen LogP contribution < -0.4 is 10.1 Å². The van der Waals surface area contributed by atoms with Crippen LogP contribution in [-0.2, 0) is 6.61 Å². The zero-order valence-electron chi connectivity index (χ0n) is 17.2. The molecule has 0 spiro atoms. The first-order valence-electron chi connectivity index (χ1n) is 10.4. The number of aromatic nitrogens is 1. The van der Waals surface area contributed by atoms with Crippen LogP contribution in [-0.4, -0.2) is 17.1 Å². The van der Waals surface area contributed by atoms with Crippen LogP contribution in [0.2, 0.25) is 0 Å². The topological polar surface area (TPSA) is 64.4 Å². The first kappa shape index (κ1) is 19.0. The van der Waals surface area contributed by atoms with Crippen molar-refractivity contribution >= 4 is 5.91 Å². The van der Waals surface area contributed by atoms with E-state index in [1.165, 1.54) is 31.2 Å². The maximum atomic E-state index is 12.9. The molecule has 4 unspecified atom stereocenters. The maximum Gasteiger partial charge on any atom is 0.274 e. The zero-order valence-corrected chi connectivity index (χ0v) is 17.2. The van der Waals surface area contributed by atoms with E-state index in [2.05, 4.69) is 30.4 Å². The molecule has 1 amide bonds. The van der Waals surface area contributed by atoms with E-state index in [-0.39, 0.29) is 18.6 Å². The molecular formula is C23H30N2O3. The highest BCUT2D eigenvalue weighted by molar-refractivity contribution is 5.94. The molecule has 2 aliphatic rings. The lowest BCUT2D eigenvalue weighted by Crippen LogP contribution is -2.40. The van der Waals surface area contributed by atoms with E-state index in [9.17, 15) is 4.79 Å². The van der Waals surface area contributed by atoms with Gasteiger partial charge in [-0.3, -0.25) is 4.79 Å². The number of benzene rings is 1. The molecule has 4 atom stereocenters. The number of nitrogens with zero attached hydrogens (tertiary/aromatic N) is 1. The van der Waals surface area contributed by atoms with E-state index < -0.39 is 0 Å². The van der Waals surface area contributed by atoms with Crippen LogP contribution in [0.4, 0.5) is 0 Å². The minimum Gasteiger partial charge on any atom is -0.488 e. The number of carbonyl (C=O) groups is 1. The smallest absolute Gasteiger partial charge is 0.274 e. The van der Waals surface area contributed by atoms with Gasteiger partial charge in [0.15, 0.2) is 5.69 Å². The summed E-state index contributed by atoms with van der Waals surface area (Å²) < 4.78 is 11.3. The molecule has 2 bridgehead atoms. The summed E-state index contributed by atoms with van der Waals surface area (Å²) in [5.74, 6) is 3.50. The Hall–Kier alpha value is -2.30. The number of nitrogens with one attached hydrogen (secondary N) is 1. The molecule has 2 aromatic rings. The molecule has 28 heavy (non-hydrogen) atoms. The van der Waals surface area contributed by atoms with Gasteiger partial charge in [-0.05, 0) is 76.3 Å². The molecule has 5 nitrogen and oxygen atoms in total. The first-order chi connectivity index (χ1) is 13.4. The molecule has 5 heteroatoms. The monoisotopic (exact) mass is 382 g/mol. The molecule has 0 saturated heterocycles. The molecule has 4 rings (SSSR count). The third-order valence-corrected chi connectivity index (χ3v) is 6.70. The minimum atomic E-state index is -0.161. The Morgan fingerprint density at radius 3 is 2.79 bits per heavy atom. The molecule has 1 aromatic carbocycles. The lowest BCUT2D eigenvalue weighted by molar-refractivity contribution is 0.0904. The molecule has 0 aliphatic heterocycles. The average molecular weight is 383 g/mol. The second-order valence-electron chi connectivity index (χ2n) is 8.72. The molecule has 0 radical (unpaired) electrons. The Balaban J connectivity index is 1.43. The standard InChI is InChI=1S/C23H30N2O3/c1-13-5-8-21(14(2)9-13)27-12-20-16(4)28-25-22(20)23(26)24-15(3)19-11-17-6-7-18(19)10-17/h5,8-9,15,17-19H,6-7,10-12H2,1-4H3,(H,24,26). The summed E-state index contributed by atoms with van der Waals surface area (Å²) in [6.07, 6.45) is 5.26. The Labute approximate surface area is 166 Å². The Bertz CT molecular complexity index is 873. The third-order valence-electron chi connectivity index (χ3n) is 6.70. The van der Waals surface area contributed by atoms with Crippen LogP contribution >= 0.6 is 0 Å². The average Bonchev–Trinajstić information content (AvgIpc) is 3.37. The van der Waals surface area contributed by atoms with Crippen molar-refractivity contribution in [3.63, 3.8) is 0 Å². The predicted octanol–water partition coefficient (Wildman–Crippen LogP) is 4.73. The van der Waals surface area contributed by atoms with Crippen LogP contribution in [0.5, 0.6) is 5.75 Å². The van der Waals surface area contributed by atoms with Gasteiger partial charge in [0.1, 0.15) is 18.1 Å². The number of aryl methyl sites for hydroxylation is 3. The van der Waals surface area contributed by atoms with Gasteiger partial charge < -0.3 is 14.6 Å². The molecule has 2 fully saturated rings. The van der Waals surface area contributed by atoms with Crippen LogP contribution in [0.3, 0.4) is 0 Å². The Kier molecular flexibility index (Phi) is 5.17. The normalized spacial score (nSPS) is 24.4. The summed E-state index contributed by atoms with van der Waals surface area (Å²) in [5.41, 5.74) is 3.33. The van der Waals surface area contributed by atoms with Crippen molar-refractivity contribution in [3.05, 3.63) is 46.3 Å². The van der Waals surface area contributed by atoms with Gasteiger partial charge in [0.05, 0.1) is 5.56 Å². The number of carbonyl (C=O) groups excluding carboxylic acids is 1. The summed E-state index contributed by atoms with van der Waals surface area (Å²) in [5, 5.41) is 7.20. The highest BCUT2D eigenvalue weighted by Crippen LogP contribution is 2.49. The molecule has 1 N–H and O–H groups in total. The molecule has 1 aromatic heterocycles. The fourth-order valence-electron chi connectivity index (χ4n) is 5.14. The van der Waals surface area contributed by atoms with Crippen molar-refractivity contribution in [2.75, 3.05) is 0 Å². The summed E-state index contributed by atoms with van der Waals surface area (Å²) >= 11 is 0. The largest absolute Gasteiger partial charge is 0.488 e. The summed E-state index contributed by atoms with van der Waals surface area (Å²) in [6.45, 7) is 8.30.